The van der Waals surface area contributed by atoms with Crippen molar-refractivity contribution in [3.05, 3.63) is 57.5 Å². The number of anilines is 2. The molecular weight excluding hydrogens is 438 g/mol. The van der Waals surface area contributed by atoms with Crippen molar-refractivity contribution in [2.75, 3.05) is 16.5 Å². The molecule has 3 aliphatic rings. The first kappa shape index (κ1) is 18.2. The Kier molecular flexibility index (Phi) is 4.29. The fourth-order valence-electron chi connectivity index (χ4n) is 5.10. The molecule has 4 nitrogen and oxygen atoms in total. The molecule has 144 valence electrons. The number of carbonyl (C=O) groups excluding carboxylic acids is 1. The molecule has 2 aromatic rings. The first-order valence-corrected chi connectivity index (χ1v) is 10.9. The largest absolute Gasteiger partial charge is 0.367 e. The summed E-state index contributed by atoms with van der Waals surface area (Å²) in [5.74, 6) is 0.0786. The number of halogens is 2. The van der Waals surface area contributed by atoms with Gasteiger partial charge in [0.1, 0.15) is 5.41 Å². The first-order chi connectivity index (χ1) is 13.5. The van der Waals surface area contributed by atoms with E-state index in [1.165, 1.54) is 11.3 Å². The molecule has 0 N–H and O–H groups in total. The van der Waals surface area contributed by atoms with Crippen LogP contribution in [0.15, 0.2) is 52.0 Å². The van der Waals surface area contributed by atoms with E-state index in [-0.39, 0.29) is 11.9 Å². The number of hydrogen-bond acceptors (Lipinski definition) is 3. The fourth-order valence-corrected chi connectivity index (χ4v) is 5.63. The van der Waals surface area contributed by atoms with Gasteiger partial charge >= 0.3 is 0 Å². The Bertz CT molecular complexity index is 990. The van der Waals surface area contributed by atoms with Crippen molar-refractivity contribution in [1.29, 1.82) is 0 Å². The minimum Gasteiger partial charge on any atom is -0.367 e. The van der Waals surface area contributed by atoms with E-state index in [0.717, 1.165) is 41.7 Å². The van der Waals surface area contributed by atoms with Crippen LogP contribution in [0, 0.1) is 5.41 Å². The van der Waals surface area contributed by atoms with Crippen molar-refractivity contribution in [1.82, 2.24) is 0 Å². The molecule has 6 heteroatoms. The summed E-state index contributed by atoms with van der Waals surface area (Å²) in [6.45, 7) is 3.01. The lowest BCUT2D eigenvalue weighted by Crippen LogP contribution is -2.61. The molecule has 2 atom stereocenters. The van der Waals surface area contributed by atoms with Gasteiger partial charge in [-0.25, -0.2) is 0 Å². The molecule has 0 saturated carbocycles. The van der Waals surface area contributed by atoms with E-state index < -0.39 is 5.41 Å². The summed E-state index contributed by atoms with van der Waals surface area (Å²) in [4.78, 5) is 16.3. The molecule has 0 aliphatic carbocycles. The number of hydrazone groups is 1. The van der Waals surface area contributed by atoms with Crippen LogP contribution in [-0.2, 0) is 11.2 Å². The maximum absolute atomic E-state index is 13.9. The minimum absolute atomic E-state index is 0.0786. The predicted molar refractivity (Wildman–Crippen MR) is 117 cm³/mol. The molecule has 0 unspecified atom stereocenters. The molecule has 1 saturated heterocycles. The number of rotatable bonds is 1. The van der Waals surface area contributed by atoms with Gasteiger partial charge in [-0.05, 0) is 80.6 Å². The predicted octanol–water partition coefficient (Wildman–Crippen LogP) is 5.43. The smallest absolute Gasteiger partial charge is 0.261 e. The highest BCUT2D eigenvalue weighted by molar-refractivity contribution is 9.10. The number of carbonyl (C=O) groups is 1. The fraction of sp³-hybridized carbons (Fsp3) is 0.364. The summed E-state index contributed by atoms with van der Waals surface area (Å²) in [5.41, 5.74) is 3.56. The van der Waals surface area contributed by atoms with E-state index in [1.54, 1.807) is 17.1 Å². The average Bonchev–Trinajstić information content (AvgIpc) is 2.94. The molecule has 3 aliphatic heterocycles. The topological polar surface area (TPSA) is 35.9 Å². The van der Waals surface area contributed by atoms with Gasteiger partial charge in [-0.15, -0.1) is 0 Å². The molecule has 2 aromatic carbocycles. The van der Waals surface area contributed by atoms with Crippen LogP contribution in [0.4, 0.5) is 11.4 Å². The zero-order chi connectivity index (χ0) is 19.5. The Balaban J connectivity index is 1.63. The SMILES string of the molecule is CC1=NN(c2ccc(Cl)cc2)C(=O)[C@]12Cc1cc(Br)ccc1N1CCCC[C@@H]12. The molecule has 1 amide bonds. The monoisotopic (exact) mass is 457 g/mol. The summed E-state index contributed by atoms with van der Waals surface area (Å²) >= 11 is 9.64. The van der Waals surface area contributed by atoms with Crippen LogP contribution in [0.5, 0.6) is 0 Å². The molecular formula is C22H21BrClN3O. The van der Waals surface area contributed by atoms with Crippen LogP contribution in [0.25, 0.3) is 0 Å². The number of amides is 1. The van der Waals surface area contributed by atoms with Gasteiger partial charge in [0.25, 0.3) is 5.91 Å². The van der Waals surface area contributed by atoms with Gasteiger partial charge in [0.05, 0.1) is 11.4 Å². The molecule has 28 heavy (non-hydrogen) atoms. The Morgan fingerprint density at radius 1 is 1.18 bits per heavy atom. The summed E-state index contributed by atoms with van der Waals surface area (Å²) in [6.07, 6.45) is 4.02. The third-order valence-corrected chi connectivity index (χ3v) is 7.18. The zero-order valence-corrected chi connectivity index (χ0v) is 18.0. The highest BCUT2D eigenvalue weighted by Crippen LogP contribution is 2.50. The zero-order valence-electron chi connectivity index (χ0n) is 15.7. The van der Waals surface area contributed by atoms with Crippen LogP contribution >= 0.6 is 27.5 Å². The van der Waals surface area contributed by atoms with Crippen LogP contribution in [-0.4, -0.2) is 24.2 Å². The van der Waals surface area contributed by atoms with E-state index in [4.69, 9.17) is 16.7 Å². The van der Waals surface area contributed by atoms with E-state index in [2.05, 4.69) is 39.0 Å². The number of nitrogens with zero attached hydrogens (tertiary/aromatic N) is 3. The summed E-state index contributed by atoms with van der Waals surface area (Å²) < 4.78 is 1.05. The van der Waals surface area contributed by atoms with Gasteiger partial charge in [-0.1, -0.05) is 27.5 Å². The number of hydrogen-bond donors (Lipinski definition) is 0. The molecule has 0 radical (unpaired) electrons. The van der Waals surface area contributed by atoms with E-state index in [0.29, 0.717) is 11.4 Å². The lowest BCUT2D eigenvalue weighted by molar-refractivity contribution is -0.125. The molecule has 0 bridgehead atoms. The Morgan fingerprint density at radius 3 is 2.75 bits per heavy atom. The standard InChI is InChI=1S/C22H21BrClN3O/c1-14-22(21(28)27(25-14)18-8-6-17(24)7-9-18)13-15-12-16(23)5-10-19(15)26-11-3-2-4-20(22)26/h5-10,12,20H,2-4,11,13H2,1H3/t20-,22-/m1/s1. The molecule has 1 spiro atoms. The van der Waals surface area contributed by atoms with Gasteiger partial charge in [-0.3, -0.25) is 4.79 Å². The quantitative estimate of drug-likeness (QED) is 0.571. The van der Waals surface area contributed by atoms with Crippen LogP contribution in [0.2, 0.25) is 5.02 Å². The number of fused-ring (bicyclic) bond motifs is 4. The molecule has 3 heterocycles. The number of piperidine rings is 1. The van der Waals surface area contributed by atoms with Crippen LogP contribution in [0.3, 0.4) is 0 Å². The maximum Gasteiger partial charge on any atom is 0.261 e. The van der Waals surface area contributed by atoms with Crippen LogP contribution in [0.1, 0.15) is 31.7 Å². The Labute approximate surface area is 178 Å². The van der Waals surface area contributed by atoms with E-state index in [9.17, 15) is 4.79 Å². The van der Waals surface area contributed by atoms with Gasteiger partial charge in [0.15, 0.2) is 0 Å². The third-order valence-electron chi connectivity index (χ3n) is 6.43. The summed E-state index contributed by atoms with van der Waals surface area (Å²) in [7, 11) is 0. The first-order valence-electron chi connectivity index (χ1n) is 9.71. The molecule has 1 fully saturated rings. The van der Waals surface area contributed by atoms with Crippen molar-refractivity contribution in [2.24, 2.45) is 10.5 Å². The summed E-state index contributed by atoms with van der Waals surface area (Å²) in [5, 5.41) is 6.99. The van der Waals surface area contributed by atoms with Crippen molar-refractivity contribution >= 4 is 50.5 Å². The Hall–Kier alpha value is -1.85. The number of benzene rings is 2. The highest BCUT2D eigenvalue weighted by atomic mass is 79.9. The van der Waals surface area contributed by atoms with E-state index >= 15 is 0 Å². The molecule has 0 aromatic heterocycles. The van der Waals surface area contributed by atoms with E-state index in [1.807, 2.05) is 19.1 Å². The molecule has 5 rings (SSSR count). The minimum atomic E-state index is -0.603. The second-order valence-electron chi connectivity index (χ2n) is 7.90. The highest BCUT2D eigenvalue weighted by Gasteiger charge is 2.59. The average molecular weight is 459 g/mol. The lowest BCUT2D eigenvalue weighted by atomic mass is 9.66. The second-order valence-corrected chi connectivity index (χ2v) is 9.26. The normalized spacial score (nSPS) is 26.3. The lowest BCUT2D eigenvalue weighted by Gasteiger charge is -2.51. The van der Waals surface area contributed by atoms with Crippen molar-refractivity contribution in [3.8, 4) is 0 Å². The van der Waals surface area contributed by atoms with Gasteiger partial charge in [-0.2, -0.15) is 10.1 Å². The van der Waals surface area contributed by atoms with Crippen molar-refractivity contribution in [3.63, 3.8) is 0 Å². The second kappa shape index (κ2) is 6.60. The van der Waals surface area contributed by atoms with Crippen molar-refractivity contribution in [2.45, 2.75) is 38.6 Å². The van der Waals surface area contributed by atoms with Gasteiger partial charge in [0.2, 0.25) is 0 Å². The maximum atomic E-state index is 13.9. The van der Waals surface area contributed by atoms with Gasteiger partial charge in [0, 0.05) is 27.8 Å². The van der Waals surface area contributed by atoms with Crippen LogP contribution < -0.4 is 9.91 Å². The van der Waals surface area contributed by atoms with Crippen molar-refractivity contribution < 1.29 is 4.79 Å². The third kappa shape index (κ3) is 2.56. The Morgan fingerprint density at radius 2 is 1.96 bits per heavy atom. The summed E-state index contributed by atoms with van der Waals surface area (Å²) in [6, 6.07) is 13.9. The van der Waals surface area contributed by atoms with Gasteiger partial charge < -0.3 is 4.90 Å².